The number of phenols is 1. The summed E-state index contributed by atoms with van der Waals surface area (Å²) >= 11 is 7.84. The van der Waals surface area contributed by atoms with Crippen molar-refractivity contribution in [2.75, 3.05) is 26.2 Å². The van der Waals surface area contributed by atoms with Crippen molar-refractivity contribution in [3.05, 3.63) is 51.2 Å². The maximum absolute atomic E-state index is 10.2. The van der Waals surface area contributed by atoms with Gasteiger partial charge in [0.05, 0.1) is 6.04 Å². The van der Waals surface area contributed by atoms with Crippen molar-refractivity contribution in [3.63, 3.8) is 0 Å². The summed E-state index contributed by atoms with van der Waals surface area (Å²) in [5, 5.41) is 16.3. The lowest BCUT2D eigenvalue weighted by molar-refractivity contribution is 0.198. The first-order valence-corrected chi connectivity index (χ1v) is 7.98. The fourth-order valence-corrected chi connectivity index (χ4v) is 3.72. The van der Waals surface area contributed by atoms with E-state index in [1.807, 2.05) is 6.07 Å². The Kier molecular flexibility index (Phi) is 4.27. The molecule has 106 valence electrons. The molecule has 1 aromatic carbocycles. The first-order valence-electron chi connectivity index (χ1n) is 6.72. The summed E-state index contributed by atoms with van der Waals surface area (Å²) in [6.45, 7) is 3.88. The molecule has 20 heavy (non-hydrogen) atoms. The van der Waals surface area contributed by atoms with E-state index in [4.69, 9.17) is 11.6 Å². The quantitative estimate of drug-likeness (QED) is 0.914. The lowest BCUT2D eigenvalue weighted by Gasteiger charge is -2.35. The third kappa shape index (κ3) is 2.83. The largest absolute Gasteiger partial charge is 0.508 e. The SMILES string of the molecule is Oc1ccc(Cl)cc1[C@H](c1cccs1)N1CCNCC1. The van der Waals surface area contributed by atoms with Gasteiger partial charge in [0.15, 0.2) is 0 Å². The number of nitrogens with one attached hydrogen (secondary N) is 1. The molecule has 0 unspecified atom stereocenters. The van der Waals surface area contributed by atoms with Crippen molar-refractivity contribution in [1.82, 2.24) is 10.2 Å². The van der Waals surface area contributed by atoms with Gasteiger partial charge in [-0.2, -0.15) is 0 Å². The molecule has 3 nitrogen and oxygen atoms in total. The third-order valence-electron chi connectivity index (χ3n) is 3.61. The summed E-state index contributed by atoms with van der Waals surface area (Å²) in [4.78, 5) is 3.64. The van der Waals surface area contributed by atoms with Crippen LogP contribution in [0.25, 0.3) is 0 Å². The van der Waals surface area contributed by atoms with Crippen LogP contribution >= 0.6 is 22.9 Å². The summed E-state index contributed by atoms with van der Waals surface area (Å²) in [5.74, 6) is 0.311. The zero-order valence-corrected chi connectivity index (χ0v) is 12.6. The zero-order valence-electron chi connectivity index (χ0n) is 11.1. The van der Waals surface area contributed by atoms with Crippen LogP contribution in [0.1, 0.15) is 16.5 Å². The number of hydrogen-bond acceptors (Lipinski definition) is 4. The Balaban J connectivity index is 2.02. The summed E-state index contributed by atoms with van der Waals surface area (Å²) in [7, 11) is 0. The van der Waals surface area contributed by atoms with Gasteiger partial charge in [-0.15, -0.1) is 11.3 Å². The summed E-state index contributed by atoms with van der Waals surface area (Å²) < 4.78 is 0. The van der Waals surface area contributed by atoms with Crippen molar-refractivity contribution in [2.45, 2.75) is 6.04 Å². The Morgan fingerprint density at radius 1 is 1.25 bits per heavy atom. The van der Waals surface area contributed by atoms with Crippen LogP contribution in [0.5, 0.6) is 5.75 Å². The van der Waals surface area contributed by atoms with Gasteiger partial charge < -0.3 is 10.4 Å². The Bertz CT molecular complexity index is 567. The zero-order chi connectivity index (χ0) is 13.9. The van der Waals surface area contributed by atoms with Gasteiger partial charge in [-0.1, -0.05) is 17.7 Å². The molecule has 0 aliphatic carbocycles. The van der Waals surface area contributed by atoms with E-state index in [2.05, 4.69) is 27.7 Å². The minimum atomic E-state index is 0.0794. The molecular weight excluding hydrogens is 292 g/mol. The number of piperazine rings is 1. The molecule has 2 heterocycles. The van der Waals surface area contributed by atoms with Gasteiger partial charge in [0.1, 0.15) is 5.75 Å². The maximum atomic E-state index is 10.2. The normalized spacial score (nSPS) is 18.1. The second-order valence-electron chi connectivity index (χ2n) is 4.91. The van der Waals surface area contributed by atoms with Crippen LogP contribution in [0.2, 0.25) is 5.02 Å². The van der Waals surface area contributed by atoms with Crippen LogP contribution in [0.4, 0.5) is 0 Å². The number of nitrogens with zero attached hydrogens (tertiary/aromatic N) is 1. The Morgan fingerprint density at radius 3 is 2.75 bits per heavy atom. The molecule has 1 fully saturated rings. The topological polar surface area (TPSA) is 35.5 Å². The highest BCUT2D eigenvalue weighted by atomic mass is 35.5. The van der Waals surface area contributed by atoms with Crippen molar-refractivity contribution in [1.29, 1.82) is 0 Å². The lowest BCUT2D eigenvalue weighted by Crippen LogP contribution is -2.45. The van der Waals surface area contributed by atoms with Crippen molar-refractivity contribution < 1.29 is 5.11 Å². The molecule has 1 aromatic heterocycles. The number of hydrogen-bond donors (Lipinski definition) is 2. The monoisotopic (exact) mass is 308 g/mol. The predicted octanol–water partition coefficient (Wildman–Crippen LogP) is 3.10. The van der Waals surface area contributed by atoms with Crippen LogP contribution in [0.3, 0.4) is 0 Å². The molecule has 3 rings (SSSR count). The van der Waals surface area contributed by atoms with Crippen LogP contribution in [0, 0.1) is 0 Å². The number of benzene rings is 1. The highest BCUT2D eigenvalue weighted by Gasteiger charge is 2.26. The van der Waals surface area contributed by atoms with E-state index < -0.39 is 0 Å². The van der Waals surface area contributed by atoms with Gasteiger partial charge in [-0.05, 0) is 29.6 Å². The second kappa shape index (κ2) is 6.14. The van der Waals surface area contributed by atoms with E-state index >= 15 is 0 Å². The van der Waals surface area contributed by atoms with E-state index in [0.717, 1.165) is 31.7 Å². The van der Waals surface area contributed by atoms with Gasteiger partial charge in [0.2, 0.25) is 0 Å². The van der Waals surface area contributed by atoms with Gasteiger partial charge in [-0.3, -0.25) is 4.90 Å². The van der Waals surface area contributed by atoms with Crippen LogP contribution < -0.4 is 5.32 Å². The summed E-state index contributed by atoms with van der Waals surface area (Å²) in [5.41, 5.74) is 0.891. The number of phenolic OH excluding ortho intramolecular Hbond substituents is 1. The Hall–Kier alpha value is -1.07. The smallest absolute Gasteiger partial charge is 0.120 e. The molecule has 1 aliphatic rings. The molecule has 2 aromatic rings. The lowest BCUT2D eigenvalue weighted by atomic mass is 10.0. The number of aromatic hydroxyl groups is 1. The number of thiophene rings is 1. The molecule has 1 aliphatic heterocycles. The van der Waals surface area contributed by atoms with E-state index in [1.54, 1.807) is 23.5 Å². The molecular formula is C15H17ClN2OS. The molecule has 2 N–H and O–H groups in total. The van der Waals surface area contributed by atoms with E-state index in [9.17, 15) is 5.11 Å². The number of halogens is 1. The van der Waals surface area contributed by atoms with Crippen LogP contribution in [0.15, 0.2) is 35.7 Å². The molecule has 1 atom stereocenters. The Labute approximate surface area is 127 Å². The van der Waals surface area contributed by atoms with Gasteiger partial charge in [-0.25, -0.2) is 0 Å². The maximum Gasteiger partial charge on any atom is 0.120 e. The molecule has 0 saturated carbocycles. The fraction of sp³-hybridized carbons (Fsp3) is 0.333. The van der Waals surface area contributed by atoms with Crippen molar-refractivity contribution >= 4 is 22.9 Å². The van der Waals surface area contributed by atoms with E-state index in [1.165, 1.54) is 4.88 Å². The molecule has 0 radical (unpaired) electrons. The first kappa shape index (κ1) is 13.9. The minimum Gasteiger partial charge on any atom is -0.508 e. The molecule has 0 amide bonds. The van der Waals surface area contributed by atoms with E-state index in [-0.39, 0.29) is 6.04 Å². The van der Waals surface area contributed by atoms with Gasteiger partial charge in [0, 0.05) is 41.6 Å². The van der Waals surface area contributed by atoms with Crippen LogP contribution in [-0.4, -0.2) is 36.2 Å². The highest BCUT2D eigenvalue weighted by Crippen LogP contribution is 2.37. The van der Waals surface area contributed by atoms with Gasteiger partial charge >= 0.3 is 0 Å². The van der Waals surface area contributed by atoms with Gasteiger partial charge in [0.25, 0.3) is 0 Å². The van der Waals surface area contributed by atoms with Crippen LogP contribution in [-0.2, 0) is 0 Å². The molecule has 5 heteroatoms. The molecule has 1 saturated heterocycles. The molecule has 0 bridgehead atoms. The molecule has 0 spiro atoms. The average Bonchev–Trinajstić information content (AvgIpc) is 2.98. The first-order chi connectivity index (χ1) is 9.75. The second-order valence-corrected chi connectivity index (χ2v) is 6.32. The van der Waals surface area contributed by atoms with E-state index in [0.29, 0.717) is 10.8 Å². The summed E-state index contributed by atoms with van der Waals surface area (Å²) in [6, 6.07) is 9.54. The van der Waals surface area contributed by atoms with Crippen molar-refractivity contribution in [2.24, 2.45) is 0 Å². The predicted molar refractivity (Wildman–Crippen MR) is 83.7 cm³/mol. The standard InChI is InChI=1S/C15H17ClN2OS/c16-11-3-4-13(19)12(10-11)15(14-2-1-9-20-14)18-7-5-17-6-8-18/h1-4,9-10,15,17,19H,5-8H2/t15-/m1/s1. The average molecular weight is 309 g/mol. The third-order valence-corrected chi connectivity index (χ3v) is 4.77. The van der Waals surface area contributed by atoms with Crippen molar-refractivity contribution in [3.8, 4) is 5.75 Å². The number of rotatable bonds is 3. The summed E-state index contributed by atoms with van der Waals surface area (Å²) in [6.07, 6.45) is 0. The minimum absolute atomic E-state index is 0.0794. The highest BCUT2D eigenvalue weighted by molar-refractivity contribution is 7.10. The Morgan fingerprint density at radius 2 is 2.05 bits per heavy atom. The fourth-order valence-electron chi connectivity index (χ4n) is 2.66.